The van der Waals surface area contributed by atoms with Crippen LogP contribution < -0.4 is 15.8 Å². The van der Waals surface area contributed by atoms with E-state index in [4.69, 9.17) is 5.41 Å². The molecule has 0 radical (unpaired) electrons. The van der Waals surface area contributed by atoms with Gasteiger partial charge in [0.1, 0.15) is 28.9 Å². The van der Waals surface area contributed by atoms with Crippen molar-refractivity contribution in [2.24, 2.45) is 0 Å². The molecule has 0 saturated heterocycles. The number of aromatic nitrogens is 5. The fourth-order valence-corrected chi connectivity index (χ4v) is 3.40. The van der Waals surface area contributed by atoms with Crippen LogP contribution in [-0.2, 0) is 6.18 Å². The number of alkyl halides is 3. The number of aromatic amines is 1. The fraction of sp³-hybridized carbons (Fsp3) is 0.318. The molecule has 3 aromatic heterocycles. The van der Waals surface area contributed by atoms with E-state index >= 15 is 0 Å². The lowest BCUT2D eigenvalue weighted by Gasteiger charge is -2.27. The second-order valence-electron chi connectivity index (χ2n) is 7.58. The van der Waals surface area contributed by atoms with Crippen molar-refractivity contribution in [1.82, 2.24) is 24.9 Å². The van der Waals surface area contributed by atoms with E-state index in [-0.39, 0.29) is 23.4 Å². The quantitative estimate of drug-likeness (QED) is 0.410. The van der Waals surface area contributed by atoms with E-state index < -0.39 is 29.2 Å². The molecule has 3 heterocycles. The highest BCUT2D eigenvalue weighted by Crippen LogP contribution is 2.29. The third-order valence-electron chi connectivity index (χ3n) is 5.27. The Morgan fingerprint density at radius 1 is 1.29 bits per heavy atom. The Morgan fingerprint density at radius 3 is 2.51 bits per heavy atom. The number of nitriles is 1. The molecule has 13 heteroatoms. The summed E-state index contributed by atoms with van der Waals surface area (Å²) in [5.74, 6) is 0.565. The molecule has 0 spiro atoms. The highest BCUT2D eigenvalue weighted by Gasteiger charge is 2.32. The lowest BCUT2D eigenvalue weighted by Crippen LogP contribution is -2.31. The minimum atomic E-state index is -4.57. The average Bonchev–Trinajstić information content (AvgIpc) is 2.84. The molecule has 182 valence electrons. The minimum Gasteiger partial charge on any atom is -0.363 e. The molecule has 0 aliphatic carbocycles. The zero-order valence-electron chi connectivity index (χ0n) is 19.1. The predicted octanol–water partition coefficient (Wildman–Crippen LogP) is 3.63. The Balaban J connectivity index is 2.00. The molecule has 0 saturated carbocycles. The monoisotopic (exact) mass is 485 g/mol. The number of rotatable bonds is 8. The molecule has 2 atom stereocenters. The maximum atomic E-state index is 12.9. The second kappa shape index (κ2) is 10.3. The molecular formula is C22H22F3N9O. The summed E-state index contributed by atoms with van der Waals surface area (Å²) in [4.78, 5) is 33.5. The van der Waals surface area contributed by atoms with E-state index in [9.17, 15) is 23.2 Å². The van der Waals surface area contributed by atoms with Gasteiger partial charge in [-0.05, 0) is 31.0 Å². The molecule has 10 nitrogen and oxygen atoms in total. The summed E-state index contributed by atoms with van der Waals surface area (Å²) in [6.07, 6.45) is 0.265. The predicted molar refractivity (Wildman–Crippen MR) is 122 cm³/mol. The summed E-state index contributed by atoms with van der Waals surface area (Å²) in [5.41, 5.74) is -2.29. The normalized spacial score (nSPS) is 12.9. The lowest BCUT2D eigenvalue weighted by atomic mass is 10.1. The largest absolute Gasteiger partial charge is 0.433 e. The second-order valence-corrected chi connectivity index (χ2v) is 7.58. The summed E-state index contributed by atoms with van der Waals surface area (Å²) in [7, 11) is 1.69. The number of H-pyrrole nitrogens is 1. The van der Waals surface area contributed by atoms with Gasteiger partial charge in [-0.25, -0.2) is 9.97 Å². The highest BCUT2D eigenvalue weighted by atomic mass is 19.4. The van der Waals surface area contributed by atoms with Gasteiger partial charge < -0.3 is 10.2 Å². The van der Waals surface area contributed by atoms with E-state index in [1.165, 1.54) is 6.07 Å². The van der Waals surface area contributed by atoms with Gasteiger partial charge in [-0.3, -0.25) is 20.2 Å². The molecule has 0 aliphatic rings. The van der Waals surface area contributed by atoms with Gasteiger partial charge >= 0.3 is 6.18 Å². The maximum absolute atomic E-state index is 12.9. The summed E-state index contributed by atoms with van der Waals surface area (Å²) in [6.45, 7) is 3.54. The Morgan fingerprint density at radius 2 is 1.97 bits per heavy atom. The molecule has 3 rings (SSSR count). The van der Waals surface area contributed by atoms with Crippen LogP contribution in [0.1, 0.15) is 55.0 Å². The first-order valence-electron chi connectivity index (χ1n) is 10.5. The van der Waals surface area contributed by atoms with Gasteiger partial charge in [0.05, 0.1) is 12.1 Å². The van der Waals surface area contributed by atoms with Crippen molar-refractivity contribution in [1.29, 1.82) is 10.7 Å². The number of pyridine rings is 1. The van der Waals surface area contributed by atoms with E-state index in [0.29, 0.717) is 17.8 Å². The molecule has 2 unspecified atom stereocenters. The first-order chi connectivity index (χ1) is 16.6. The topological polar surface area (TPSA) is 147 Å². The van der Waals surface area contributed by atoms with Crippen LogP contribution in [-0.4, -0.2) is 37.7 Å². The standard InChI is InChI=1S/C22H22F3N9O/c1-4-15(18-28-8-5-9-29-18)34(3)21-32-19(17(14(27)10-26)20(35)33-21)31-12(2)13-6-7-16(30-11-13)22(23,24)25/h5-9,11-12,15,27H,4H2,1-3H3,(H2,31,32,33,35). The van der Waals surface area contributed by atoms with Crippen LogP contribution in [0.3, 0.4) is 0 Å². The third-order valence-corrected chi connectivity index (χ3v) is 5.27. The number of nitrogens with zero attached hydrogens (tertiary/aromatic N) is 6. The van der Waals surface area contributed by atoms with Gasteiger partial charge in [-0.1, -0.05) is 13.0 Å². The molecule has 3 aromatic rings. The zero-order chi connectivity index (χ0) is 25.8. The van der Waals surface area contributed by atoms with Crippen molar-refractivity contribution in [2.75, 3.05) is 17.3 Å². The van der Waals surface area contributed by atoms with Crippen molar-refractivity contribution in [3.8, 4) is 6.07 Å². The zero-order valence-corrected chi connectivity index (χ0v) is 19.1. The average molecular weight is 485 g/mol. The third kappa shape index (κ3) is 5.60. The number of anilines is 2. The Hall–Kier alpha value is -4.34. The summed E-state index contributed by atoms with van der Waals surface area (Å²) >= 11 is 0. The van der Waals surface area contributed by atoms with E-state index in [0.717, 1.165) is 12.3 Å². The van der Waals surface area contributed by atoms with Gasteiger partial charge in [-0.15, -0.1) is 0 Å². The van der Waals surface area contributed by atoms with Gasteiger partial charge in [-0.2, -0.15) is 23.4 Å². The maximum Gasteiger partial charge on any atom is 0.433 e. The van der Waals surface area contributed by atoms with Crippen molar-refractivity contribution >= 4 is 17.5 Å². The van der Waals surface area contributed by atoms with Crippen molar-refractivity contribution in [3.05, 3.63) is 69.8 Å². The van der Waals surface area contributed by atoms with Crippen LogP contribution in [0.5, 0.6) is 0 Å². The Labute approximate surface area is 198 Å². The van der Waals surface area contributed by atoms with Gasteiger partial charge in [0.15, 0.2) is 5.82 Å². The molecule has 35 heavy (non-hydrogen) atoms. The molecule has 0 aromatic carbocycles. The van der Waals surface area contributed by atoms with Crippen LogP contribution in [0.4, 0.5) is 24.9 Å². The van der Waals surface area contributed by atoms with E-state index in [1.807, 2.05) is 6.92 Å². The summed E-state index contributed by atoms with van der Waals surface area (Å²) in [6, 6.07) is 4.41. The summed E-state index contributed by atoms with van der Waals surface area (Å²) in [5, 5.41) is 20.1. The molecular weight excluding hydrogens is 463 g/mol. The minimum absolute atomic E-state index is 0.0709. The molecule has 0 bridgehead atoms. The molecule has 0 fully saturated rings. The van der Waals surface area contributed by atoms with E-state index in [1.54, 1.807) is 43.4 Å². The summed E-state index contributed by atoms with van der Waals surface area (Å²) < 4.78 is 38.5. The first-order valence-corrected chi connectivity index (χ1v) is 10.5. The van der Waals surface area contributed by atoms with Crippen molar-refractivity contribution in [2.45, 2.75) is 38.5 Å². The first kappa shape index (κ1) is 25.3. The van der Waals surface area contributed by atoms with Gasteiger partial charge in [0, 0.05) is 25.6 Å². The Kier molecular flexibility index (Phi) is 7.43. The van der Waals surface area contributed by atoms with Crippen LogP contribution in [0, 0.1) is 16.7 Å². The van der Waals surface area contributed by atoms with E-state index in [2.05, 4.69) is 30.2 Å². The van der Waals surface area contributed by atoms with Crippen molar-refractivity contribution in [3.63, 3.8) is 0 Å². The number of halogens is 3. The smallest absolute Gasteiger partial charge is 0.363 e. The number of nitrogens with one attached hydrogen (secondary N) is 3. The van der Waals surface area contributed by atoms with Crippen LogP contribution in [0.15, 0.2) is 41.6 Å². The van der Waals surface area contributed by atoms with Crippen molar-refractivity contribution < 1.29 is 13.2 Å². The molecule has 0 amide bonds. The van der Waals surface area contributed by atoms with Crippen LogP contribution in [0.2, 0.25) is 0 Å². The SMILES string of the molecule is CCC(c1ncccn1)N(C)c1nc(NC(C)c2ccc(C(F)(F)F)nc2)c(C(=N)C#N)c(=O)[nH]1. The number of hydrogen-bond acceptors (Lipinski definition) is 9. The number of hydrogen-bond donors (Lipinski definition) is 3. The molecule has 3 N–H and O–H groups in total. The Bertz CT molecular complexity index is 1280. The van der Waals surface area contributed by atoms with Gasteiger partial charge in [0.25, 0.3) is 5.56 Å². The van der Waals surface area contributed by atoms with Gasteiger partial charge in [0.2, 0.25) is 5.95 Å². The molecule has 0 aliphatic heterocycles. The fourth-order valence-electron chi connectivity index (χ4n) is 3.40. The van der Waals surface area contributed by atoms with Crippen LogP contribution >= 0.6 is 0 Å². The lowest BCUT2D eigenvalue weighted by molar-refractivity contribution is -0.141. The van der Waals surface area contributed by atoms with Crippen LogP contribution in [0.25, 0.3) is 0 Å². The highest BCUT2D eigenvalue weighted by molar-refractivity contribution is 6.12.